The zero-order valence-corrected chi connectivity index (χ0v) is 11.6. The molecular weight excluding hydrogens is 316 g/mol. The minimum absolute atomic E-state index is 0.0920. The van der Waals surface area contributed by atoms with Gasteiger partial charge in [-0.1, -0.05) is 0 Å². The molecule has 0 unspecified atom stereocenters. The van der Waals surface area contributed by atoms with E-state index in [1.807, 2.05) is 0 Å². The molecule has 1 saturated heterocycles. The maximum absolute atomic E-state index is 11.3. The van der Waals surface area contributed by atoms with E-state index >= 15 is 0 Å². The number of carboxylic acids is 1. The summed E-state index contributed by atoms with van der Waals surface area (Å²) in [5, 5.41) is 11.7. The van der Waals surface area contributed by atoms with Gasteiger partial charge in [0.2, 0.25) is 0 Å². The van der Waals surface area contributed by atoms with Gasteiger partial charge in [0.25, 0.3) is 0 Å². The third-order valence-electron chi connectivity index (χ3n) is 2.74. The molecular formula is C12H13BrN2O4. The summed E-state index contributed by atoms with van der Waals surface area (Å²) in [7, 11) is 0. The Balaban J connectivity index is 1.91. The number of carbonyl (C=O) groups excluding carboxylic acids is 1. The number of hydrogen-bond acceptors (Lipinski definition) is 3. The smallest absolute Gasteiger partial charge is 0.336 e. The average Bonchev–Trinajstić information content (AvgIpc) is 2.77. The van der Waals surface area contributed by atoms with E-state index in [-0.39, 0.29) is 11.6 Å². The van der Waals surface area contributed by atoms with Crippen LogP contribution in [0.3, 0.4) is 0 Å². The summed E-state index contributed by atoms with van der Waals surface area (Å²) in [4.78, 5) is 23.9. The molecule has 102 valence electrons. The molecule has 0 radical (unpaired) electrons. The van der Waals surface area contributed by atoms with Gasteiger partial charge in [-0.15, -0.1) is 0 Å². The minimum atomic E-state index is -1.02. The molecule has 0 aliphatic carbocycles. The minimum Gasteiger partial charge on any atom is -0.492 e. The highest BCUT2D eigenvalue weighted by Gasteiger charge is 2.18. The molecule has 1 heterocycles. The summed E-state index contributed by atoms with van der Waals surface area (Å²) in [6.45, 7) is 2.13. The number of nitrogens with one attached hydrogen (secondary N) is 1. The van der Waals surface area contributed by atoms with Crippen LogP contribution in [-0.2, 0) is 0 Å². The predicted octanol–water partition coefficient (Wildman–Crippen LogP) is 1.55. The van der Waals surface area contributed by atoms with E-state index in [0.717, 1.165) is 0 Å². The molecule has 1 fully saturated rings. The molecule has 2 rings (SSSR count). The summed E-state index contributed by atoms with van der Waals surface area (Å²) in [6.07, 6.45) is 0. The topological polar surface area (TPSA) is 78.9 Å². The van der Waals surface area contributed by atoms with Gasteiger partial charge in [0, 0.05) is 17.6 Å². The van der Waals surface area contributed by atoms with Gasteiger partial charge in [0.15, 0.2) is 0 Å². The van der Waals surface area contributed by atoms with Gasteiger partial charge < -0.3 is 20.1 Å². The molecule has 1 aromatic carbocycles. The second-order valence-corrected chi connectivity index (χ2v) is 4.87. The maximum Gasteiger partial charge on any atom is 0.336 e. The highest BCUT2D eigenvalue weighted by Crippen LogP contribution is 2.22. The SMILES string of the molecule is O=C(O)c1cc(OCCN2CCNC2=O)ccc1Br. The number of nitrogens with zero attached hydrogens (tertiary/aromatic N) is 1. The van der Waals surface area contributed by atoms with E-state index < -0.39 is 5.97 Å². The third kappa shape index (κ3) is 3.37. The highest BCUT2D eigenvalue weighted by molar-refractivity contribution is 9.10. The molecule has 2 amide bonds. The van der Waals surface area contributed by atoms with E-state index in [9.17, 15) is 9.59 Å². The molecule has 0 saturated carbocycles. The number of rotatable bonds is 5. The van der Waals surface area contributed by atoms with Gasteiger partial charge in [0.05, 0.1) is 12.1 Å². The van der Waals surface area contributed by atoms with Crippen molar-refractivity contribution in [1.29, 1.82) is 0 Å². The fourth-order valence-corrected chi connectivity index (χ4v) is 2.17. The molecule has 7 heteroatoms. The van der Waals surface area contributed by atoms with Crippen molar-refractivity contribution in [3.8, 4) is 5.75 Å². The largest absolute Gasteiger partial charge is 0.492 e. The first kappa shape index (κ1) is 13.7. The standard InChI is InChI=1S/C12H13BrN2O4/c13-10-2-1-8(7-9(10)11(16)17)19-6-5-15-4-3-14-12(15)18/h1-2,7H,3-6H2,(H,14,18)(H,16,17). The molecule has 0 spiro atoms. The Hall–Kier alpha value is -1.76. The number of hydrogen-bond donors (Lipinski definition) is 2. The second-order valence-electron chi connectivity index (χ2n) is 4.01. The number of ether oxygens (including phenoxy) is 1. The van der Waals surface area contributed by atoms with E-state index in [1.165, 1.54) is 6.07 Å². The van der Waals surface area contributed by atoms with Crippen LogP contribution < -0.4 is 10.1 Å². The number of benzene rings is 1. The predicted molar refractivity (Wildman–Crippen MR) is 71.6 cm³/mol. The second kappa shape index (κ2) is 5.92. The van der Waals surface area contributed by atoms with Crippen molar-refractivity contribution in [3.63, 3.8) is 0 Å². The normalized spacial score (nSPS) is 14.4. The summed E-state index contributed by atoms with van der Waals surface area (Å²) < 4.78 is 5.96. The molecule has 1 aromatic rings. The third-order valence-corrected chi connectivity index (χ3v) is 3.43. The van der Waals surface area contributed by atoms with E-state index in [1.54, 1.807) is 17.0 Å². The van der Waals surface area contributed by atoms with Crippen molar-refractivity contribution in [3.05, 3.63) is 28.2 Å². The summed E-state index contributed by atoms with van der Waals surface area (Å²) in [6, 6.07) is 4.67. The molecule has 6 nitrogen and oxygen atoms in total. The van der Waals surface area contributed by atoms with Crippen LogP contribution in [0.25, 0.3) is 0 Å². The number of carbonyl (C=O) groups is 2. The number of amides is 2. The Morgan fingerprint density at radius 3 is 2.95 bits per heavy atom. The van der Waals surface area contributed by atoms with Crippen LogP contribution in [0, 0.1) is 0 Å². The first-order chi connectivity index (χ1) is 9.08. The number of carboxylic acid groups (broad SMARTS) is 1. The monoisotopic (exact) mass is 328 g/mol. The Labute approximate surface area is 118 Å². The van der Waals surface area contributed by atoms with Gasteiger partial charge in [-0.2, -0.15) is 0 Å². The van der Waals surface area contributed by atoms with Crippen LogP contribution in [0.1, 0.15) is 10.4 Å². The van der Waals surface area contributed by atoms with Gasteiger partial charge >= 0.3 is 12.0 Å². The first-order valence-electron chi connectivity index (χ1n) is 5.76. The highest BCUT2D eigenvalue weighted by atomic mass is 79.9. The van der Waals surface area contributed by atoms with E-state index in [2.05, 4.69) is 21.2 Å². The Bertz CT molecular complexity index is 507. The Morgan fingerprint density at radius 1 is 1.53 bits per heavy atom. The summed E-state index contributed by atoms with van der Waals surface area (Å²) >= 11 is 3.16. The number of urea groups is 1. The summed E-state index contributed by atoms with van der Waals surface area (Å²) in [5.41, 5.74) is 0.149. The lowest BCUT2D eigenvalue weighted by molar-refractivity contribution is 0.0695. The average molecular weight is 329 g/mol. The number of aromatic carboxylic acids is 1. The fourth-order valence-electron chi connectivity index (χ4n) is 1.76. The maximum atomic E-state index is 11.3. The molecule has 0 bridgehead atoms. The van der Waals surface area contributed by atoms with Crippen molar-refractivity contribution < 1.29 is 19.4 Å². The zero-order chi connectivity index (χ0) is 13.8. The van der Waals surface area contributed by atoms with Crippen LogP contribution in [0.5, 0.6) is 5.75 Å². The zero-order valence-electron chi connectivity index (χ0n) is 10.1. The van der Waals surface area contributed by atoms with Gasteiger partial charge in [0.1, 0.15) is 12.4 Å². The van der Waals surface area contributed by atoms with Crippen molar-refractivity contribution in [1.82, 2.24) is 10.2 Å². The van der Waals surface area contributed by atoms with Crippen LogP contribution >= 0.6 is 15.9 Å². The quantitative estimate of drug-likeness (QED) is 0.859. The fraction of sp³-hybridized carbons (Fsp3) is 0.333. The molecule has 0 atom stereocenters. The van der Waals surface area contributed by atoms with Crippen LogP contribution in [-0.4, -0.2) is 48.2 Å². The van der Waals surface area contributed by atoms with Crippen molar-refractivity contribution in [2.75, 3.05) is 26.2 Å². The van der Waals surface area contributed by atoms with E-state index in [0.29, 0.717) is 36.5 Å². The molecule has 19 heavy (non-hydrogen) atoms. The van der Waals surface area contributed by atoms with Gasteiger partial charge in [-0.25, -0.2) is 9.59 Å². The molecule has 2 N–H and O–H groups in total. The van der Waals surface area contributed by atoms with Gasteiger partial charge in [-0.05, 0) is 34.1 Å². The van der Waals surface area contributed by atoms with Gasteiger partial charge in [-0.3, -0.25) is 0 Å². The lowest BCUT2D eigenvalue weighted by atomic mass is 10.2. The van der Waals surface area contributed by atoms with Crippen LogP contribution in [0.2, 0.25) is 0 Å². The number of halogens is 1. The van der Waals surface area contributed by atoms with Crippen LogP contribution in [0.4, 0.5) is 4.79 Å². The Morgan fingerprint density at radius 2 is 2.32 bits per heavy atom. The molecule has 1 aliphatic rings. The van der Waals surface area contributed by atoms with Crippen LogP contribution in [0.15, 0.2) is 22.7 Å². The lowest BCUT2D eigenvalue weighted by Gasteiger charge is -2.14. The molecule has 0 aromatic heterocycles. The lowest BCUT2D eigenvalue weighted by Crippen LogP contribution is -2.31. The Kier molecular flexibility index (Phi) is 4.26. The van der Waals surface area contributed by atoms with Crippen molar-refractivity contribution >= 4 is 27.9 Å². The molecule has 1 aliphatic heterocycles. The van der Waals surface area contributed by atoms with E-state index in [4.69, 9.17) is 9.84 Å². The summed E-state index contributed by atoms with van der Waals surface area (Å²) in [5.74, 6) is -0.545. The van der Waals surface area contributed by atoms with Crippen molar-refractivity contribution in [2.45, 2.75) is 0 Å². The van der Waals surface area contributed by atoms with Crippen molar-refractivity contribution in [2.24, 2.45) is 0 Å². The first-order valence-corrected chi connectivity index (χ1v) is 6.55.